The van der Waals surface area contributed by atoms with Crippen LogP contribution in [0.1, 0.15) is 43.8 Å². The number of halogens is 1. The minimum atomic E-state index is -0.168. The van der Waals surface area contributed by atoms with Gasteiger partial charge in [0.25, 0.3) is 0 Å². The molecule has 1 fully saturated rings. The summed E-state index contributed by atoms with van der Waals surface area (Å²) in [5, 5.41) is 4.24. The van der Waals surface area contributed by atoms with Gasteiger partial charge in [-0.2, -0.15) is 5.10 Å². The number of hydrogen-bond acceptors (Lipinski definition) is 3. The fourth-order valence-electron chi connectivity index (χ4n) is 3.26. The van der Waals surface area contributed by atoms with Crippen molar-refractivity contribution < 1.29 is 4.39 Å². The van der Waals surface area contributed by atoms with E-state index in [-0.39, 0.29) is 5.82 Å². The maximum absolute atomic E-state index is 13.1. The largest absolute Gasteiger partial charge is 0.296 e. The van der Waals surface area contributed by atoms with E-state index in [9.17, 15) is 4.39 Å². The van der Waals surface area contributed by atoms with E-state index in [1.165, 1.54) is 5.56 Å². The normalized spacial score (nSPS) is 18.8. The molecule has 1 aromatic carbocycles. The first-order valence-electron chi connectivity index (χ1n) is 7.61. The topological polar surface area (TPSA) is 34.0 Å². The quantitative estimate of drug-likeness (QED) is 0.866. The van der Waals surface area contributed by atoms with Gasteiger partial charge in [0.1, 0.15) is 18.5 Å². The fraction of sp³-hybridized carbons (Fsp3) is 0.500. The minimum Gasteiger partial charge on any atom is -0.296 e. The predicted octanol–water partition coefficient (Wildman–Crippen LogP) is 3.21. The number of piperidine rings is 1. The lowest BCUT2D eigenvalue weighted by atomic mass is 9.98. The van der Waals surface area contributed by atoms with Gasteiger partial charge < -0.3 is 0 Å². The summed E-state index contributed by atoms with van der Waals surface area (Å²) < 4.78 is 15.0. The maximum Gasteiger partial charge on any atom is 0.137 e. The number of aromatic nitrogens is 3. The highest BCUT2D eigenvalue weighted by atomic mass is 19.1. The minimum absolute atomic E-state index is 0.168. The highest BCUT2D eigenvalue weighted by molar-refractivity contribution is 5.20. The van der Waals surface area contributed by atoms with Crippen molar-refractivity contribution in [3.8, 4) is 0 Å². The first-order valence-corrected chi connectivity index (χ1v) is 7.61. The Hall–Kier alpha value is -1.75. The lowest BCUT2D eigenvalue weighted by Gasteiger charge is -2.37. The second kappa shape index (κ2) is 6.35. The second-order valence-corrected chi connectivity index (χ2v) is 5.62. The molecule has 0 spiro atoms. The third-order valence-corrected chi connectivity index (χ3v) is 4.39. The standard InChI is InChI=1S/C16H21FN4/c1-2-16(13-3-5-14(17)6-4-13)20-9-7-15(8-10-20)21-12-18-11-19-21/h3-6,11-12,15-16H,2,7-10H2,1H3/t16-/m0/s1. The molecule has 0 N–H and O–H groups in total. The van der Waals surface area contributed by atoms with Crippen molar-refractivity contribution in [2.45, 2.75) is 38.3 Å². The first-order chi connectivity index (χ1) is 10.3. The van der Waals surface area contributed by atoms with Crippen molar-refractivity contribution in [1.29, 1.82) is 0 Å². The van der Waals surface area contributed by atoms with Crippen LogP contribution in [0.15, 0.2) is 36.9 Å². The van der Waals surface area contributed by atoms with Crippen LogP contribution in [0.2, 0.25) is 0 Å². The predicted molar refractivity (Wildman–Crippen MR) is 79.3 cm³/mol. The molecule has 0 aliphatic carbocycles. The lowest BCUT2D eigenvalue weighted by Crippen LogP contribution is -2.37. The van der Waals surface area contributed by atoms with Crippen molar-refractivity contribution >= 4 is 0 Å². The summed E-state index contributed by atoms with van der Waals surface area (Å²) in [5.74, 6) is -0.168. The van der Waals surface area contributed by atoms with Gasteiger partial charge in [0.2, 0.25) is 0 Å². The van der Waals surface area contributed by atoms with Crippen LogP contribution in [0.4, 0.5) is 4.39 Å². The van der Waals surface area contributed by atoms with E-state index in [0.717, 1.165) is 32.4 Å². The summed E-state index contributed by atoms with van der Waals surface area (Å²) in [5.41, 5.74) is 1.21. The molecule has 1 aliphatic heterocycles. The molecular weight excluding hydrogens is 267 g/mol. The maximum atomic E-state index is 13.1. The van der Waals surface area contributed by atoms with E-state index in [2.05, 4.69) is 21.9 Å². The molecule has 112 valence electrons. The zero-order valence-corrected chi connectivity index (χ0v) is 12.3. The van der Waals surface area contributed by atoms with Gasteiger partial charge in [-0.15, -0.1) is 0 Å². The summed E-state index contributed by atoms with van der Waals surface area (Å²) in [4.78, 5) is 6.53. The molecule has 1 saturated heterocycles. The fourth-order valence-corrected chi connectivity index (χ4v) is 3.26. The van der Waals surface area contributed by atoms with Crippen molar-refractivity contribution in [2.75, 3.05) is 13.1 Å². The monoisotopic (exact) mass is 288 g/mol. The molecule has 4 nitrogen and oxygen atoms in total. The molecule has 2 aromatic rings. The van der Waals surface area contributed by atoms with Crippen LogP contribution in [0.25, 0.3) is 0 Å². The Morgan fingerprint density at radius 3 is 2.52 bits per heavy atom. The van der Waals surface area contributed by atoms with E-state index in [1.54, 1.807) is 24.8 Å². The van der Waals surface area contributed by atoms with Gasteiger partial charge in [-0.05, 0) is 37.0 Å². The Balaban J connectivity index is 1.65. The summed E-state index contributed by atoms with van der Waals surface area (Å²) in [6.07, 6.45) is 6.61. The number of nitrogens with zero attached hydrogens (tertiary/aromatic N) is 4. The molecule has 3 rings (SSSR count). The Kier molecular flexibility index (Phi) is 4.29. The third kappa shape index (κ3) is 3.13. The lowest BCUT2D eigenvalue weighted by molar-refractivity contribution is 0.127. The molecule has 0 amide bonds. The van der Waals surface area contributed by atoms with E-state index < -0.39 is 0 Å². The van der Waals surface area contributed by atoms with Crippen molar-refractivity contribution in [2.24, 2.45) is 0 Å². The highest BCUT2D eigenvalue weighted by Gasteiger charge is 2.26. The molecule has 2 heterocycles. The number of benzene rings is 1. The molecule has 1 aliphatic rings. The van der Waals surface area contributed by atoms with Gasteiger partial charge in [-0.1, -0.05) is 19.1 Å². The summed E-state index contributed by atoms with van der Waals surface area (Å²) in [6.45, 7) is 4.28. The third-order valence-electron chi connectivity index (χ3n) is 4.39. The average Bonchev–Trinajstić information content (AvgIpc) is 3.05. The summed E-state index contributed by atoms with van der Waals surface area (Å²) >= 11 is 0. The molecule has 21 heavy (non-hydrogen) atoms. The molecule has 0 saturated carbocycles. The molecule has 0 radical (unpaired) electrons. The smallest absolute Gasteiger partial charge is 0.137 e. The molecule has 0 bridgehead atoms. The highest BCUT2D eigenvalue weighted by Crippen LogP contribution is 2.30. The van der Waals surface area contributed by atoms with Crippen LogP contribution < -0.4 is 0 Å². The second-order valence-electron chi connectivity index (χ2n) is 5.62. The van der Waals surface area contributed by atoms with Gasteiger partial charge in [-0.3, -0.25) is 4.90 Å². The SMILES string of the molecule is CC[C@@H](c1ccc(F)cc1)N1CCC(n2cncn2)CC1. The number of hydrogen-bond donors (Lipinski definition) is 0. The number of likely N-dealkylation sites (tertiary alicyclic amines) is 1. The zero-order chi connectivity index (χ0) is 14.7. The van der Waals surface area contributed by atoms with Crippen molar-refractivity contribution in [1.82, 2.24) is 19.7 Å². The van der Waals surface area contributed by atoms with E-state index >= 15 is 0 Å². The van der Waals surface area contributed by atoms with Crippen LogP contribution in [0.5, 0.6) is 0 Å². The number of rotatable bonds is 4. The average molecular weight is 288 g/mol. The van der Waals surface area contributed by atoms with E-state index in [1.807, 2.05) is 16.8 Å². The van der Waals surface area contributed by atoms with E-state index in [4.69, 9.17) is 0 Å². The van der Waals surface area contributed by atoms with Crippen LogP contribution in [0, 0.1) is 5.82 Å². The van der Waals surface area contributed by atoms with Gasteiger partial charge in [0, 0.05) is 19.1 Å². The Labute approximate surface area is 124 Å². The van der Waals surface area contributed by atoms with E-state index in [0.29, 0.717) is 12.1 Å². The van der Waals surface area contributed by atoms with Crippen LogP contribution in [0.3, 0.4) is 0 Å². The Morgan fingerprint density at radius 2 is 1.95 bits per heavy atom. The Bertz CT molecular complexity index is 544. The van der Waals surface area contributed by atoms with Crippen LogP contribution in [-0.2, 0) is 0 Å². The van der Waals surface area contributed by atoms with Gasteiger partial charge in [0.15, 0.2) is 0 Å². The molecule has 5 heteroatoms. The van der Waals surface area contributed by atoms with Crippen molar-refractivity contribution in [3.63, 3.8) is 0 Å². The van der Waals surface area contributed by atoms with Crippen LogP contribution in [-0.4, -0.2) is 32.8 Å². The van der Waals surface area contributed by atoms with Crippen molar-refractivity contribution in [3.05, 3.63) is 48.3 Å². The first kappa shape index (κ1) is 14.2. The van der Waals surface area contributed by atoms with Crippen LogP contribution >= 0.6 is 0 Å². The summed E-state index contributed by atoms with van der Waals surface area (Å²) in [6, 6.07) is 7.76. The summed E-state index contributed by atoms with van der Waals surface area (Å²) in [7, 11) is 0. The molecule has 1 atom stereocenters. The van der Waals surface area contributed by atoms with Gasteiger partial charge in [-0.25, -0.2) is 14.1 Å². The molecule has 1 aromatic heterocycles. The van der Waals surface area contributed by atoms with Gasteiger partial charge >= 0.3 is 0 Å². The van der Waals surface area contributed by atoms with Gasteiger partial charge in [0.05, 0.1) is 6.04 Å². The molecular formula is C16H21FN4. The molecule has 0 unspecified atom stereocenters. The zero-order valence-electron chi connectivity index (χ0n) is 12.3. The Morgan fingerprint density at radius 1 is 1.24 bits per heavy atom.